The molecule has 204 valence electrons. The Morgan fingerprint density at radius 1 is 0.409 bits per heavy atom. The van der Waals surface area contributed by atoms with E-state index in [0.717, 1.165) is 42.7 Å². The predicted octanol–water partition coefficient (Wildman–Crippen LogP) is 11.8. The van der Waals surface area contributed by atoms with Gasteiger partial charge in [-0.1, -0.05) is 101 Å². The molecule has 0 aliphatic carbocycles. The molecule has 44 heavy (non-hydrogen) atoms. The summed E-state index contributed by atoms with van der Waals surface area (Å²) in [5, 5.41) is 12.0. The molecule has 3 nitrogen and oxygen atoms in total. The fraction of sp³-hybridized carbons (Fsp3) is 0. The molecule has 0 saturated carbocycles. The van der Waals surface area contributed by atoms with E-state index in [1.54, 1.807) is 0 Å². The van der Waals surface area contributed by atoms with E-state index in [9.17, 15) is 0 Å². The van der Waals surface area contributed by atoms with Crippen LogP contribution in [0.25, 0.3) is 98.1 Å². The van der Waals surface area contributed by atoms with Crippen molar-refractivity contribution in [3.05, 3.63) is 132 Å². The van der Waals surface area contributed by atoms with E-state index in [0.29, 0.717) is 0 Å². The van der Waals surface area contributed by atoms with Crippen LogP contribution in [0.1, 0.15) is 0 Å². The van der Waals surface area contributed by atoms with Crippen LogP contribution < -0.4 is 0 Å². The molecule has 0 fully saturated rings. The zero-order chi connectivity index (χ0) is 28.7. The number of hydrogen-bond acceptors (Lipinski definition) is 1. The highest BCUT2D eigenvalue weighted by Gasteiger charge is 2.22. The lowest BCUT2D eigenvalue weighted by atomic mass is 10.0. The molecule has 0 amide bonds. The average molecular weight is 626 g/mol. The highest BCUT2D eigenvalue weighted by molar-refractivity contribution is 9.10. The number of furan rings is 1. The van der Waals surface area contributed by atoms with E-state index in [2.05, 4.69) is 152 Å². The number of nitrogens with zero attached hydrogens (tertiary/aromatic N) is 2. The third-order valence-electron chi connectivity index (χ3n) is 9.69. The highest BCUT2D eigenvalue weighted by Crippen LogP contribution is 2.45. The zero-order valence-electron chi connectivity index (χ0n) is 23.3. The molecule has 0 saturated heterocycles. The van der Waals surface area contributed by atoms with Crippen molar-refractivity contribution in [1.82, 2.24) is 8.80 Å². The normalized spacial score (nSPS) is 12.7. The number of benzene rings is 7. The van der Waals surface area contributed by atoms with Gasteiger partial charge >= 0.3 is 0 Å². The summed E-state index contributed by atoms with van der Waals surface area (Å²) in [6.07, 6.45) is 0. The minimum Gasteiger partial charge on any atom is -0.455 e. The van der Waals surface area contributed by atoms with Gasteiger partial charge < -0.3 is 13.2 Å². The molecule has 4 heteroatoms. The van der Waals surface area contributed by atoms with Crippen LogP contribution in [0, 0.1) is 0 Å². The second kappa shape index (κ2) is 7.98. The van der Waals surface area contributed by atoms with Crippen molar-refractivity contribution in [3.8, 4) is 0 Å². The monoisotopic (exact) mass is 624 g/mol. The van der Waals surface area contributed by atoms with Gasteiger partial charge in [0.2, 0.25) is 0 Å². The maximum atomic E-state index is 6.80. The van der Waals surface area contributed by atoms with Gasteiger partial charge in [-0.2, -0.15) is 0 Å². The van der Waals surface area contributed by atoms with Gasteiger partial charge in [-0.25, -0.2) is 0 Å². The lowest BCUT2D eigenvalue weighted by molar-refractivity contribution is 0.673. The van der Waals surface area contributed by atoms with Gasteiger partial charge in [-0.3, -0.25) is 0 Å². The van der Waals surface area contributed by atoms with Gasteiger partial charge in [0.25, 0.3) is 0 Å². The summed E-state index contributed by atoms with van der Waals surface area (Å²) in [6, 6.07) is 46.2. The molecule has 4 aromatic heterocycles. The molecule has 11 rings (SSSR count). The van der Waals surface area contributed by atoms with Gasteiger partial charge in [-0.05, 0) is 53.2 Å². The topological polar surface area (TPSA) is 22.0 Å². The summed E-state index contributed by atoms with van der Waals surface area (Å²) in [4.78, 5) is 0. The van der Waals surface area contributed by atoms with Crippen LogP contribution in [0.15, 0.2) is 136 Å². The van der Waals surface area contributed by atoms with Crippen LogP contribution in [-0.4, -0.2) is 8.80 Å². The van der Waals surface area contributed by atoms with Crippen molar-refractivity contribution < 1.29 is 4.42 Å². The minimum absolute atomic E-state index is 0.905. The Bertz CT molecular complexity index is 3070. The summed E-state index contributed by atoms with van der Waals surface area (Å²) in [5.41, 5.74) is 8.88. The lowest BCUT2D eigenvalue weighted by Gasteiger charge is -2.11. The first kappa shape index (κ1) is 23.2. The average Bonchev–Trinajstić information content (AvgIpc) is 3.72. The third-order valence-corrected chi connectivity index (χ3v) is 10.4. The van der Waals surface area contributed by atoms with E-state index < -0.39 is 0 Å². The van der Waals surface area contributed by atoms with Crippen molar-refractivity contribution in [2.75, 3.05) is 0 Å². The molecule has 11 aromatic rings. The Labute approximate surface area is 258 Å². The van der Waals surface area contributed by atoms with Gasteiger partial charge in [0, 0.05) is 42.2 Å². The van der Waals surface area contributed by atoms with Crippen LogP contribution in [0.2, 0.25) is 0 Å². The number of halogens is 1. The number of fused-ring (bicyclic) bond motifs is 16. The molecule has 0 N–H and O–H groups in total. The van der Waals surface area contributed by atoms with Gasteiger partial charge in [0.05, 0.1) is 38.5 Å². The van der Waals surface area contributed by atoms with Crippen LogP contribution in [0.5, 0.6) is 0 Å². The molecule has 4 heterocycles. The molecule has 0 bridgehead atoms. The SMILES string of the molecule is Brc1cccc2c1c1cccc3c4c5oc6ccccc6c5ccc4n4c5ccc6ccccc6c5c5cccc(c54)n2c13. The van der Waals surface area contributed by atoms with Crippen LogP contribution in [-0.2, 0) is 0 Å². The Morgan fingerprint density at radius 3 is 1.93 bits per heavy atom. The lowest BCUT2D eigenvalue weighted by Crippen LogP contribution is -1.94. The third kappa shape index (κ3) is 2.65. The zero-order valence-corrected chi connectivity index (χ0v) is 24.9. The van der Waals surface area contributed by atoms with Gasteiger partial charge in [-0.15, -0.1) is 0 Å². The summed E-state index contributed by atoms with van der Waals surface area (Å²) in [6.45, 7) is 0. The first-order valence-corrected chi connectivity index (χ1v) is 15.7. The van der Waals surface area contributed by atoms with Crippen molar-refractivity contribution >= 4 is 114 Å². The quantitative estimate of drug-likeness (QED) is 0.164. The smallest absolute Gasteiger partial charge is 0.145 e. The van der Waals surface area contributed by atoms with Gasteiger partial charge in [0.15, 0.2) is 0 Å². The van der Waals surface area contributed by atoms with E-state index in [-0.39, 0.29) is 0 Å². The molecule has 0 atom stereocenters. The number of hydrogen-bond donors (Lipinski definition) is 0. The Hall–Kier alpha value is -5.32. The van der Waals surface area contributed by atoms with E-state index in [4.69, 9.17) is 4.42 Å². The number of rotatable bonds is 0. The maximum absolute atomic E-state index is 6.80. The van der Waals surface area contributed by atoms with Crippen LogP contribution in [0.4, 0.5) is 0 Å². The van der Waals surface area contributed by atoms with Crippen molar-refractivity contribution in [2.45, 2.75) is 0 Å². The standard InChI is InChI=1S/C40H21BrN2O/c41-29-14-7-15-30-36(29)27-11-5-12-28-37-32(21-19-25-24-10-3-4-17-34(24)44-40(25)37)42-31-20-18-22-8-1-2-9-23(22)35(31)26-13-6-16-33(39(26)42)43(30)38(27)28/h1-21H. The number of aromatic nitrogens is 2. The molecule has 0 spiro atoms. The van der Waals surface area contributed by atoms with Crippen LogP contribution >= 0.6 is 15.9 Å². The maximum Gasteiger partial charge on any atom is 0.145 e. The highest BCUT2D eigenvalue weighted by atomic mass is 79.9. The van der Waals surface area contributed by atoms with Crippen molar-refractivity contribution in [1.29, 1.82) is 0 Å². The molecule has 0 unspecified atom stereocenters. The Kier molecular flexibility index (Phi) is 4.21. The number of para-hydroxylation sites is 3. The second-order valence-electron chi connectivity index (χ2n) is 11.8. The molecule has 7 aromatic carbocycles. The van der Waals surface area contributed by atoms with Crippen molar-refractivity contribution in [2.24, 2.45) is 0 Å². The summed E-state index contributed by atoms with van der Waals surface area (Å²) >= 11 is 3.93. The first-order chi connectivity index (χ1) is 21.8. The summed E-state index contributed by atoms with van der Waals surface area (Å²) in [7, 11) is 0. The largest absolute Gasteiger partial charge is 0.455 e. The Morgan fingerprint density at radius 2 is 1.02 bits per heavy atom. The Balaban J connectivity index is 1.60. The second-order valence-corrected chi connectivity index (χ2v) is 12.6. The summed E-state index contributed by atoms with van der Waals surface area (Å²) in [5.74, 6) is 0. The molecule has 0 radical (unpaired) electrons. The van der Waals surface area contributed by atoms with Crippen LogP contribution in [0.3, 0.4) is 0 Å². The van der Waals surface area contributed by atoms with Gasteiger partial charge in [0.1, 0.15) is 11.2 Å². The fourth-order valence-electron chi connectivity index (χ4n) is 8.00. The predicted molar refractivity (Wildman–Crippen MR) is 188 cm³/mol. The molecule has 0 aliphatic heterocycles. The minimum atomic E-state index is 0.905. The van der Waals surface area contributed by atoms with E-state index in [1.165, 1.54) is 59.9 Å². The molecular formula is C40H21BrN2O. The van der Waals surface area contributed by atoms with E-state index in [1.807, 2.05) is 0 Å². The van der Waals surface area contributed by atoms with E-state index >= 15 is 0 Å². The molecule has 0 aliphatic rings. The molecular weight excluding hydrogens is 604 g/mol. The van der Waals surface area contributed by atoms with Crippen molar-refractivity contribution in [3.63, 3.8) is 0 Å². The first-order valence-electron chi connectivity index (χ1n) is 14.9. The fourth-order valence-corrected chi connectivity index (χ4v) is 8.57. The summed E-state index contributed by atoms with van der Waals surface area (Å²) < 4.78 is 12.9.